The summed E-state index contributed by atoms with van der Waals surface area (Å²) in [6.07, 6.45) is 4.46. The molecule has 0 saturated heterocycles. The zero-order valence-corrected chi connectivity index (χ0v) is 14.2. The number of carbonyl (C=O) groups is 1. The first-order valence-corrected chi connectivity index (χ1v) is 8.32. The standard InChI is InChI=1S/C17H15BrN4O/c1-11-16-12(3-2-7-19-16)6-8-21(11)17(23)15-9-14-5-4-13(18)10-22(14)20-15/h2-5,7,9-11H,6,8H2,1H3. The van der Waals surface area contributed by atoms with Gasteiger partial charge in [-0.15, -0.1) is 0 Å². The Morgan fingerprint density at radius 2 is 2.22 bits per heavy atom. The van der Waals surface area contributed by atoms with Gasteiger partial charge in [0.15, 0.2) is 5.69 Å². The average Bonchev–Trinajstić information content (AvgIpc) is 2.98. The quantitative estimate of drug-likeness (QED) is 0.660. The Balaban J connectivity index is 1.68. The van der Waals surface area contributed by atoms with E-state index in [1.807, 2.05) is 42.3 Å². The Hall–Kier alpha value is -2.21. The Labute approximate surface area is 142 Å². The first-order valence-electron chi connectivity index (χ1n) is 7.53. The number of pyridine rings is 2. The molecule has 0 fully saturated rings. The lowest BCUT2D eigenvalue weighted by atomic mass is 9.98. The molecule has 1 atom stereocenters. The molecule has 0 saturated carbocycles. The minimum Gasteiger partial charge on any atom is -0.329 e. The molecule has 116 valence electrons. The van der Waals surface area contributed by atoms with E-state index in [-0.39, 0.29) is 11.9 Å². The number of fused-ring (bicyclic) bond motifs is 2. The molecule has 0 aliphatic carbocycles. The Kier molecular flexibility index (Phi) is 3.41. The Morgan fingerprint density at radius 1 is 1.35 bits per heavy atom. The average molecular weight is 371 g/mol. The lowest BCUT2D eigenvalue weighted by Gasteiger charge is -2.33. The third-order valence-corrected chi connectivity index (χ3v) is 4.78. The maximum Gasteiger partial charge on any atom is 0.274 e. The Bertz CT molecular complexity index is 904. The summed E-state index contributed by atoms with van der Waals surface area (Å²) < 4.78 is 2.65. The third kappa shape index (κ3) is 2.43. The summed E-state index contributed by atoms with van der Waals surface area (Å²) in [7, 11) is 0. The number of rotatable bonds is 1. The van der Waals surface area contributed by atoms with E-state index < -0.39 is 0 Å². The van der Waals surface area contributed by atoms with Crippen LogP contribution >= 0.6 is 15.9 Å². The second-order valence-corrected chi connectivity index (χ2v) is 6.63. The molecule has 4 heterocycles. The van der Waals surface area contributed by atoms with E-state index in [2.05, 4.69) is 32.1 Å². The van der Waals surface area contributed by atoms with Gasteiger partial charge in [0, 0.05) is 23.4 Å². The highest BCUT2D eigenvalue weighted by Gasteiger charge is 2.30. The van der Waals surface area contributed by atoms with Gasteiger partial charge in [0.05, 0.1) is 17.3 Å². The van der Waals surface area contributed by atoms with Crippen LogP contribution in [0.3, 0.4) is 0 Å². The number of carbonyl (C=O) groups excluding carboxylic acids is 1. The van der Waals surface area contributed by atoms with Crippen molar-refractivity contribution in [2.24, 2.45) is 0 Å². The van der Waals surface area contributed by atoms with Crippen LogP contribution in [0.2, 0.25) is 0 Å². The summed E-state index contributed by atoms with van der Waals surface area (Å²) in [5.41, 5.74) is 3.58. The molecule has 0 aromatic carbocycles. The van der Waals surface area contributed by atoms with Crippen molar-refractivity contribution in [2.45, 2.75) is 19.4 Å². The van der Waals surface area contributed by atoms with Crippen LogP contribution in [-0.2, 0) is 6.42 Å². The molecule has 23 heavy (non-hydrogen) atoms. The van der Waals surface area contributed by atoms with E-state index in [1.165, 1.54) is 5.56 Å². The smallest absolute Gasteiger partial charge is 0.274 e. The second-order valence-electron chi connectivity index (χ2n) is 5.72. The lowest BCUT2D eigenvalue weighted by molar-refractivity contribution is 0.0666. The van der Waals surface area contributed by atoms with Crippen LogP contribution in [0.1, 0.15) is 34.7 Å². The van der Waals surface area contributed by atoms with E-state index in [9.17, 15) is 4.79 Å². The summed E-state index contributed by atoms with van der Waals surface area (Å²) in [5, 5.41) is 4.41. The molecule has 1 amide bonds. The van der Waals surface area contributed by atoms with Gasteiger partial charge in [0.25, 0.3) is 5.91 Å². The predicted octanol–water partition coefficient (Wildman–Crippen LogP) is 3.25. The maximum atomic E-state index is 12.9. The highest BCUT2D eigenvalue weighted by atomic mass is 79.9. The summed E-state index contributed by atoms with van der Waals surface area (Å²) >= 11 is 3.42. The molecule has 1 aliphatic heterocycles. The van der Waals surface area contributed by atoms with Crippen molar-refractivity contribution in [2.75, 3.05) is 6.54 Å². The molecule has 0 radical (unpaired) electrons. The molecule has 5 nitrogen and oxygen atoms in total. The number of amides is 1. The number of nitrogens with zero attached hydrogens (tertiary/aromatic N) is 4. The molecule has 3 aromatic rings. The molecule has 1 aliphatic rings. The van der Waals surface area contributed by atoms with E-state index in [4.69, 9.17) is 0 Å². The molecular weight excluding hydrogens is 356 g/mol. The van der Waals surface area contributed by atoms with Gasteiger partial charge in [-0.25, -0.2) is 4.52 Å². The first-order chi connectivity index (χ1) is 11.1. The van der Waals surface area contributed by atoms with Crippen LogP contribution in [0.5, 0.6) is 0 Å². The topological polar surface area (TPSA) is 50.5 Å². The van der Waals surface area contributed by atoms with Crippen molar-refractivity contribution in [3.8, 4) is 0 Å². The molecular formula is C17H15BrN4O. The van der Waals surface area contributed by atoms with Crippen LogP contribution in [0.4, 0.5) is 0 Å². The molecule has 1 unspecified atom stereocenters. The summed E-state index contributed by atoms with van der Waals surface area (Å²) in [4.78, 5) is 19.2. The van der Waals surface area contributed by atoms with Gasteiger partial charge in [0.2, 0.25) is 0 Å². The van der Waals surface area contributed by atoms with Crippen LogP contribution in [-0.4, -0.2) is 31.9 Å². The molecule has 3 aromatic heterocycles. The van der Waals surface area contributed by atoms with Crippen LogP contribution < -0.4 is 0 Å². The predicted molar refractivity (Wildman–Crippen MR) is 90.3 cm³/mol. The SMILES string of the molecule is CC1c2ncccc2CCN1C(=O)c1cc2ccc(Br)cn2n1. The highest BCUT2D eigenvalue weighted by molar-refractivity contribution is 9.10. The normalized spacial score (nSPS) is 17.3. The van der Waals surface area contributed by atoms with Gasteiger partial charge in [-0.1, -0.05) is 6.07 Å². The maximum absolute atomic E-state index is 12.9. The zero-order chi connectivity index (χ0) is 16.0. The van der Waals surface area contributed by atoms with Crippen molar-refractivity contribution < 1.29 is 4.79 Å². The molecule has 4 rings (SSSR count). The molecule has 0 spiro atoms. The highest BCUT2D eigenvalue weighted by Crippen LogP contribution is 2.28. The number of hydrogen-bond donors (Lipinski definition) is 0. The van der Waals surface area contributed by atoms with Crippen molar-refractivity contribution in [1.29, 1.82) is 0 Å². The fourth-order valence-corrected chi connectivity index (χ4v) is 3.44. The third-order valence-electron chi connectivity index (χ3n) is 4.31. The largest absolute Gasteiger partial charge is 0.329 e. The van der Waals surface area contributed by atoms with E-state index in [1.54, 1.807) is 10.7 Å². The summed E-state index contributed by atoms with van der Waals surface area (Å²) in [6.45, 7) is 2.71. The monoisotopic (exact) mass is 370 g/mol. The van der Waals surface area contributed by atoms with Crippen LogP contribution in [0, 0.1) is 0 Å². The number of hydrogen-bond acceptors (Lipinski definition) is 3. The minimum absolute atomic E-state index is 0.0380. The van der Waals surface area contributed by atoms with Gasteiger partial charge in [-0.05, 0) is 59.1 Å². The zero-order valence-electron chi connectivity index (χ0n) is 12.6. The minimum atomic E-state index is -0.0476. The number of halogens is 1. The van der Waals surface area contributed by atoms with E-state index >= 15 is 0 Å². The van der Waals surface area contributed by atoms with E-state index in [0.29, 0.717) is 12.2 Å². The van der Waals surface area contributed by atoms with Crippen LogP contribution in [0.25, 0.3) is 5.52 Å². The second kappa shape index (κ2) is 5.45. The van der Waals surface area contributed by atoms with Gasteiger partial charge in [-0.2, -0.15) is 5.10 Å². The summed E-state index contributed by atoms with van der Waals surface area (Å²) in [5.74, 6) is -0.0476. The fraction of sp³-hybridized carbons (Fsp3) is 0.235. The van der Waals surface area contributed by atoms with Crippen molar-refractivity contribution in [1.82, 2.24) is 19.5 Å². The van der Waals surface area contributed by atoms with Crippen LogP contribution in [0.15, 0.2) is 47.2 Å². The van der Waals surface area contributed by atoms with Gasteiger partial charge >= 0.3 is 0 Å². The lowest BCUT2D eigenvalue weighted by Crippen LogP contribution is -2.39. The van der Waals surface area contributed by atoms with Crippen molar-refractivity contribution in [3.05, 3.63) is 64.1 Å². The fourth-order valence-electron chi connectivity index (χ4n) is 3.11. The van der Waals surface area contributed by atoms with Gasteiger partial charge in [0.1, 0.15) is 0 Å². The first kappa shape index (κ1) is 14.4. The van der Waals surface area contributed by atoms with E-state index in [0.717, 1.165) is 22.1 Å². The van der Waals surface area contributed by atoms with Gasteiger partial charge in [-0.3, -0.25) is 9.78 Å². The van der Waals surface area contributed by atoms with Gasteiger partial charge < -0.3 is 4.90 Å². The molecule has 6 heteroatoms. The Morgan fingerprint density at radius 3 is 3.09 bits per heavy atom. The molecule has 0 N–H and O–H groups in total. The van der Waals surface area contributed by atoms with Crippen molar-refractivity contribution in [3.63, 3.8) is 0 Å². The summed E-state index contributed by atoms with van der Waals surface area (Å²) in [6, 6.07) is 9.70. The van der Waals surface area contributed by atoms with Crippen molar-refractivity contribution >= 4 is 27.4 Å². The number of aromatic nitrogens is 3. The molecule has 0 bridgehead atoms.